The van der Waals surface area contributed by atoms with Gasteiger partial charge in [-0.05, 0) is 42.8 Å². The monoisotopic (exact) mass is 470 g/mol. The maximum absolute atomic E-state index is 12.7. The van der Waals surface area contributed by atoms with E-state index in [2.05, 4.69) is 15.5 Å². The molecule has 1 N–H and O–H groups in total. The second-order valence-corrected chi connectivity index (χ2v) is 8.80. The normalized spacial score (nSPS) is 13.8. The summed E-state index contributed by atoms with van der Waals surface area (Å²) in [6, 6.07) is 14.9. The number of urea groups is 1. The van der Waals surface area contributed by atoms with Gasteiger partial charge < -0.3 is 15.1 Å². The molecule has 3 amide bonds. The number of benzene rings is 2. The molecule has 3 aromatic rings. The third kappa shape index (κ3) is 5.41. The summed E-state index contributed by atoms with van der Waals surface area (Å²) in [7, 11) is 0. The van der Waals surface area contributed by atoms with Crippen LogP contribution in [0.5, 0.6) is 0 Å². The Morgan fingerprint density at radius 2 is 1.81 bits per heavy atom. The van der Waals surface area contributed by atoms with Crippen LogP contribution in [0.1, 0.15) is 5.56 Å². The number of halogens is 1. The van der Waals surface area contributed by atoms with Crippen molar-refractivity contribution >= 4 is 41.0 Å². The molecule has 1 aromatic heterocycles. The molecule has 0 atom stereocenters. The van der Waals surface area contributed by atoms with Gasteiger partial charge in [-0.1, -0.05) is 41.6 Å². The van der Waals surface area contributed by atoms with E-state index in [0.29, 0.717) is 36.4 Å². The summed E-state index contributed by atoms with van der Waals surface area (Å²) in [4.78, 5) is 28.7. The minimum Gasteiger partial charge on any atom is -0.338 e. The number of thioether (sulfide) groups is 1. The van der Waals surface area contributed by atoms with Gasteiger partial charge in [0, 0.05) is 36.9 Å². The lowest BCUT2D eigenvalue weighted by atomic mass is 10.2. The van der Waals surface area contributed by atoms with Gasteiger partial charge in [0.05, 0.1) is 11.4 Å². The maximum atomic E-state index is 12.7. The van der Waals surface area contributed by atoms with Crippen molar-refractivity contribution in [1.82, 2.24) is 24.6 Å². The van der Waals surface area contributed by atoms with E-state index in [9.17, 15) is 9.59 Å². The highest BCUT2D eigenvalue weighted by atomic mass is 35.5. The number of piperazine rings is 1. The number of nitrogens with one attached hydrogen (secondary N) is 1. The van der Waals surface area contributed by atoms with E-state index in [1.54, 1.807) is 26.8 Å². The fraction of sp³-hybridized carbons (Fsp3) is 0.273. The van der Waals surface area contributed by atoms with Crippen LogP contribution in [0.25, 0.3) is 5.69 Å². The number of anilines is 1. The SMILES string of the molecule is Cc1cccc(NC(=O)N2CCN(C(=O)CSc3nncn3-c3cccc(Cl)c3)CC2)c1. The molecule has 1 aliphatic heterocycles. The molecule has 10 heteroatoms. The molecule has 2 aromatic carbocycles. The zero-order valence-corrected chi connectivity index (χ0v) is 19.1. The number of nitrogens with zero attached hydrogens (tertiary/aromatic N) is 5. The third-order valence-corrected chi connectivity index (χ3v) is 6.28. The van der Waals surface area contributed by atoms with Gasteiger partial charge in [-0.2, -0.15) is 0 Å². The molecule has 1 saturated heterocycles. The summed E-state index contributed by atoms with van der Waals surface area (Å²) in [6.07, 6.45) is 1.60. The van der Waals surface area contributed by atoms with Crippen molar-refractivity contribution < 1.29 is 9.59 Å². The molecule has 0 spiro atoms. The smallest absolute Gasteiger partial charge is 0.321 e. The number of hydrogen-bond acceptors (Lipinski definition) is 5. The fourth-order valence-corrected chi connectivity index (χ4v) is 4.44. The van der Waals surface area contributed by atoms with Crippen molar-refractivity contribution in [1.29, 1.82) is 0 Å². The number of carbonyl (C=O) groups is 2. The van der Waals surface area contributed by atoms with Crippen LogP contribution in [0.3, 0.4) is 0 Å². The van der Waals surface area contributed by atoms with E-state index in [-0.39, 0.29) is 17.7 Å². The molecular weight excluding hydrogens is 448 g/mol. The van der Waals surface area contributed by atoms with Crippen molar-refractivity contribution in [2.75, 3.05) is 37.2 Å². The predicted octanol–water partition coefficient (Wildman–Crippen LogP) is 3.70. The van der Waals surface area contributed by atoms with E-state index in [4.69, 9.17) is 11.6 Å². The molecule has 8 nitrogen and oxygen atoms in total. The van der Waals surface area contributed by atoms with Gasteiger partial charge in [-0.3, -0.25) is 9.36 Å². The summed E-state index contributed by atoms with van der Waals surface area (Å²) >= 11 is 7.40. The summed E-state index contributed by atoms with van der Waals surface area (Å²) in [5, 5.41) is 12.2. The Bertz CT molecular complexity index is 1110. The summed E-state index contributed by atoms with van der Waals surface area (Å²) in [5.41, 5.74) is 2.70. The molecule has 2 heterocycles. The van der Waals surface area contributed by atoms with Crippen LogP contribution < -0.4 is 5.32 Å². The van der Waals surface area contributed by atoms with Crippen LogP contribution in [-0.2, 0) is 4.79 Å². The summed E-state index contributed by atoms with van der Waals surface area (Å²) < 4.78 is 1.80. The van der Waals surface area contributed by atoms with E-state index in [1.165, 1.54) is 11.8 Å². The van der Waals surface area contributed by atoms with Gasteiger partial charge in [0.1, 0.15) is 6.33 Å². The van der Waals surface area contributed by atoms with E-state index < -0.39 is 0 Å². The lowest BCUT2D eigenvalue weighted by molar-refractivity contribution is -0.129. The Hall–Kier alpha value is -3.04. The summed E-state index contributed by atoms with van der Waals surface area (Å²) in [6.45, 7) is 3.97. The van der Waals surface area contributed by atoms with Crippen LogP contribution in [0.2, 0.25) is 5.02 Å². The predicted molar refractivity (Wildman–Crippen MR) is 125 cm³/mol. The summed E-state index contributed by atoms with van der Waals surface area (Å²) in [5.74, 6) is 0.253. The highest BCUT2D eigenvalue weighted by Gasteiger charge is 2.24. The number of amides is 3. The lowest BCUT2D eigenvalue weighted by Crippen LogP contribution is -2.52. The molecule has 4 rings (SSSR count). The molecule has 0 saturated carbocycles. The Balaban J connectivity index is 1.27. The zero-order chi connectivity index (χ0) is 22.5. The Morgan fingerprint density at radius 1 is 1.06 bits per heavy atom. The van der Waals surface area contributed by atoms with Crippen LogP contribution in [0.4, 0.5) is 10.5 Å². The molecule has 166 valence electrons. The average molecular weight is 471 g/mol. The van der Waals surface area contributed by atoms with E-state index in [1.807, 2.05) is 49.4 Å². The van der Waals surface area contributed by atoms with Crippen molar-refractivity contribution in [3.05, 3.63) is 65.4 Å². The Labute approximate surface area is 195 Å². The molecule has 1 fully saturated rings. The molecule has 32 heavy (non-hydrogen) atoms. The molecule has 0 bridgehead atoms. The van der Waals surface area contributed by atoms with Gasteiger partial charge in [0.15, 0.2) is 5.16 Å². The fourth-order valence-electron chi connectivity index (χ4n) is 3.43. The quantitative estimate of drug-likeness (QED) is 0.575. The van der Waals surface area contributed by atoms with Gasteiger partial charge in [0.2, 0.25) is 5.91 Å². The first-order valence-corrected chi connectivity index (χ1v) is 11.5. The molecule has 0 aliphatic carbocycles. The van der Waals surface area contributed by atoms with Crippen molar-refractivity contribution in [3.63, 3.8) is 0 Å². The van der Waals surface area contributed by atoms with Crippen LogP contribution >= 0.6 is 23.4 Å². The van der Waals surface area contributed by atoms with Crippen LogP contribution in [0, 0.1) is 6.92 Å². The number of rotatable bonds is 5. The Kier molecular flexibility index (Phi) is 6.96. The Morgan fingerprint density at radius 3 is 2.56 bits per heavy atom. The molecule has 1 aliphatic rings. The third-order valence-electron chi connectivity index (χ3n) is 5.12. The van der Waals surface area contributed by atoms with Crippen molar-refractivity contribution in [2.45, 2.75) is 12.1 Å². The number of carbonyl (C=O) groups excluding carboxylic acids is 2. The van der Waals surface area contributed by atoms with Crippen molar-refractivity contribution in [2.24, 2.45) is 0 Å². The van der Waals surface area contributed by atoms with Crippen LogP contribution in [0.15, 0.2) is 60.0 Å². The van der Waals surface area contributed by atoms with Crippen LogP contribution in [-0.4, -0.2) is 68.4 Å². The molecular formula is C22H23ClN6O2S. The van der Waals surface area contributed by atoms with Gasteiger partial charge in [-0.15, -0.1) is 10.2 Å². The minimum atomic E-state index is -0.147. The highest BCUT2D eigenvalue weighted by molar-refractivity contribution is 7.99. The van der Waals surface area contributed by atoms with E-state index in [0.717, 1.165) is 16.9 Å². The first kappa shape index (κ1) is 22.2. The molecule has 0 unspecified atom stereocenters. The first-order valence-electron chi connectivity index (χ1n) is 10.2. The second kappa shape index (κ2) is 10.1. The van der Waals surface area contributed by atoms with E-state index >= 15 is 0 Å². The minimum absolute atomic E-state index is 0.00869. The second-order valence-electron chi connectivity index (χ2n) is 7.42. The number of aryl methyl sites for hydroxylation is 1. The van der Waals surface area contributed by atoms with Gasteiger partial charge >= 0.3 is 6.03 Å². The standard InChI is InChI=1S/C22H23ClN6O2S/c1-16-4-2-6-18(12-16)25-21(31)28-10-8-27(9-11-28)20(30)14-32-22-26-24-15-29(22)19-7-3-5-17(23)13-19/h2-7,12-13,15H,8-11,14H2,1H3,(H,25,31). The number of hydrogen-bond donors (Lipinski definition) is 1. The van der Waals surface area contributed by atoms with Gasteiger partial charge in [-0.25, -0.2) is 4.79 Å². The highest BCUT2D eigenvalue weighted by Crippen LogP contribution is 2.22. The topological polar surface area (TPSA) is 83.4 Å². The first-order chi connectivity index (χ1) is 15.5. The largest absolute Gasteiger partial charge is 0.338 e. The maximum Gasteiger partial charge on any atom is 0.321 e. The zero-order valence-electron chi connectivity index (χ0n) is 17.6. The lowest BCUT2D eigenvalue weighted by Gasteiger charge is -2.34. The van der Waals surface area contributed by atoms with Gasteiger partial charge in [0.25, 0.3) is 0 Å². The van der Waals surface area contributed by atoms with Crippen molar-refractivity contribution in [3.8, 4) is 5.69 Å². The number of aromatic nitrogens is 3. The molecule has 0 radical (unpaired) electrons. The average Bonchev–Trinajstić information content (AvgIpc) is 3.26.